The molecule has 0 saturated carbocycles. The first-order valence-electron chi connectivity index (χ1n) is 8.70. The van der Waals surface area contributed by atoms with Crippen LogP contribution < -0.4 is 5.32 Å². The normalized spacial score (nSPS) is 12.9. The fourth-order valence-electron chi connectivity index (χ4n) is 2.73. The summed E-state index contributed by atoms with van der Waals surface area (Å²) in [5.41, 5.74) is 1.34. The number of nitrogens with zero attached hydrogens (tertiary/aromatic N) is 1. The SMILES string of the molecule is CCc1oc2ccccc2c1CN(C)C(=O)C(C)NC(=O)C(C)(C)C. The Kier molecular flexibility index (Phi) is 5.55. The molecule has 2 amide bonds. The number of rotatable bonds is 5. The molecule has 25 heavy (non-hydrogen) atoms. The van der Waals surface area contributed by atoms with Gasteiger partial charge in [0.2, 0.25) is 11.8 Å². The molecule has 1 aromatic heterocycles. The molecule has 2 rings (SSSR count). The van der Waals surface area contributed by atoms with Crippen LogP contribution in [0.1, 0.15) is 45.9 Å². The molecule has 1 unspecified atom stereocenters. The van der Waals surface area contributed by atoms with Gasteiger partial charge in [-0.15, -0.1) is 0 Å². The lowest BCUT2D eigenvalue weighted by atomic mass is 9.95. The summed E-state index contributed by atoms with van der Waals surface area (Å²) in [7, 11) is 1.75. The van der Waals surface area contributed by atoms with Gasteiger partial charge in [0.1, 0.15) is 17.4 Å². The molecular formula is C20H28N2O3. The third-order valence-corrected chi connectivity index (χ3v) is 4.27. The Labute approximate surface area is 149 Å². The van der Waals surface area contributed by atoms with Gasteiger partial charge in [0.25, 0.3) is 0 Å². The summed E-state index contributed by atoms with van der Waals surface area (Å²) in [5, 5.41) is 3.83. The van der Waals surface area contributed by atoms with E-state index < -0.39 is 11.5 Å². The molecule has 0 spiro atoms. The van der Waals surface area contributed by atoms with Crippen LogP contribution in [0.4, 0.5) is 0 Å². The van der Waals surface area contributed by atoms with Gasteiger partial charge in [-0.05, 0) is 13.0 Å². The molecule has 0 aliphatic carbocycles. The highest BCUT2D eigenvalue weighted by molar-refractivity contribution is 5.89. The van der Waals surface area contributed by atoms with Gasteiger partial charge in [-0.2, -0.15) is 0 Å². The van der Waals surface area contributed by atoms with Crippen LogP contribution in [-0.4, -0.2) is 29.8 Å². The van der Waals surface area contributed by atoms with E-state index in [2.05, 4.69) is 5.32 Å². The van der Waals surface area contributed by atoms with Crippen LogP contribution in [0.3, 0.4) is 0 Å². The Morgan fingerprint density at radius 3 is 2.48 bits per heavy atom. The van der Waals surface area contributed by atoms with Gasteiger partial charge >= 0.3 is 0 Å². The minimum atomic E-state index is -0.569. The minimum Gasteiger partial charge on any atom is -0.461 e. The standard InChI is InChI=1S/C20H28N2O3/c1-7-16-15(14-10-8-9-11-17(14)25-16)12-22(6)18(23)13(2)21-19(24)20(3,4)5/h8-11,13H,7,12H2,1-6H3,(H,21,24). The number of amides is 2. The molecule has 0 bridgehead atoms. The monoisotopic (exact) mass is 344 g/mol. The molecule has 0 radical (unpaired) electrons. The summed E-state index contributed by atoms with van der Waals surface area (Å²) in [6, 6.07) is 7.28. The van der Waals surface area contributed by atoms with Crippen molar-refractivity contribution in [3.8, 4) is 0 Å². The van der Waals surface area contributed by atoms with E-state index in [1.807, 2.05) is 52.0 Å². The molecule has 2 aromatic rings. The van der Waals surface area contributed by atoms with E-state index in [0.717, 1.165) is 28.7 Å². The highest BCUT2D eigenvalue weighted by Gasteiger charge is 2.27. The van der Waals surface area contributed by atoms with Crippen LogP contribution in [0, 0.1) is 5.41 Å². The quantitative estimate of drug-likeness (QED) is 0.903. The van der Waals surface area contributed by atoms with Crippen molar-refractivity contribution in [3.05, 3.63) is 35.6 Å². The number of carbonyl (C=O) groups excluding carboxylic acids is 2. The van der Waals surface area contributed by atoms with E-state index in [-0.39, 0.29) is 11.8 Å². The zero-order chi connectivity index (χ0) is 18.8. The molecule has 5 heteroatoms. The molecular weight excluding hydrogens is 316 g/mol. The van der Waals surface area contributed by atoms with E-state index in [4.69, 9.17) is 4.42 Å². The molecule has 1 aromatic carbocycles. The van der Waals surface area contributed by atoms with Crippen LogP contribution in [0.15, 0.2) is 28.7 Å². The Bertz CT molecular complexity index is 771. The van der Waals surface area contributed by atoms with E-state index in [0.29, 0.717) is 6.54 Å². The fourth-order valence-corrected chi connectivity index (χ4v) is 2.73. The molecule has 0 aliphatic rings. The average molecular weight is 344 g/mol. The topological polar surface area (TPSA) is 62.6 Å². The molecule has 1 N–H and O–H groups in total. The smallest absolute Gasteiger partial charge is 0.244 e. The van der Waals surface area contributed by atoms with Crippen molar-refractivity contribution in [1.29, 1.82) is 0 Å². The average Bonchev–Trinajstić information content (AvgIpc) is 2.91. The number of para-hydroxylation sites is 1. The zero-order valence-corrected chi connectivity index (χ0v) is 16.0. The molecule has 136 valence electrons. The summed E-state index contributed by atoms with van der Waals surface area (Å²) < 4.78 is 5.89. The van der Waals surface area contributed by atoms with Crippen molar-refractivity contribution in [1.82, 2.24) is 10.2 Å². The molecule has 0 fully saturated rings. The van der Waals surface area contributed by atoms with Crippen molar-refractivity contribution < 1.29 is 14.0 Å². The summed E-state index contributed by atoms with van der Waals surface area (Å²) >= 11 is 0. The fraction of sp³-hybridized carbons (Fsp3) is 0.500. The number of hydrogen-bond acceptors (Lipinski definition) is 3. The molecule has 0 aliphatic heterocycles. The number of benzene rings is 1. The van der Waals surface area contributed by atoms with Gasteiger partial charge in [0, 0.05) is 36.4 Å². The lowest BCUT2D eigenvalue weighted by Gasteiger charge is -2.25. The van der Waals surface area contributed by atoms with Gasteiger partial charge < -0.3 is 14.6 Å². The van der Waals surface area contributed by atoms with Crippen LogP contribution in [0.5, 0.6) is 0 Å². The van der Waals surface area contributed by atoms with E-state index in [1.54, 1.807) is 18.9 Å². The first kappa shape index (κ1) is 19.0. The lowest BCUT2D eigenvalue weighted by molar-refractivity contribution is -0.137. The van der Waals surface area contributed by atoms with E-state index >= 15 is 0 Å². The van der Waals surface area contributed by atoms with Crippen LogP contribution in [0.25, 0.3) is 11.0 Å². The number of hydrogen-bond donors (Lipinski definition) is 1. The van der Waals surface area contributed by atoms with Gasteiger partial charge in [-0.25, -0.2) is 0 Å². The highest BCUT2D eigenvalue weighted by Crippen LogP contribution is 2.27. The van der Waals surface area contributed by atoms with Crippen molar-refractivity contribution in [2.45, 2.75) is 53.6 Å². The second-order valence-electron chi connectivity index (χ2n) is 7.49. The second kappa shape index (κ2) is 7.30. The lowest BCUT2D eigenvalue weighted by Crippen LogP contribution is -2.48. The summed E-state index contributed by atoms with van der Waals surface area (Å²) in [6.45, 7) is 9.69. The van der Waals surface area contributed by atoms with Gasteiger partial charge in [0.15, 0.2) is 0 Å². The Balaban J connectivity index is 2.15. The van der Waals surface area contributed by atoms with Gasteiger partial charge in [0.05, 0.1) is 0 Å². The van der Waals surface area contributed by atoms with Crippen molar-refractivity contribution in [2.75, 3.05) is 7.05 Å². The van der Waals surface area contributed by atoms with Crippen LogP contribution in [0.2, 0.25) is 0 Å². The maximum absolute atomic E-state index is 12.6. The molecule has 1 atom stereocenters. The third kappa shape index (κ3) is 4.21. The van der Waals surface area contributed by atoms with E-state index in [1.165, 1.54) is 0 Å². The van der Waals surface area contributed by atoms with Crippen molar-refractivity contribution in [3.63, 3.8) is 0 Å². The number of aryl methyl sites for hydroxylation is 1. The first-order valence-corrected chi connectivity index (χ1v) is 8.70. The highest BCUT2D eigenvalue weighted by atomic mass is 16.3. The third-order valence-electron chi connectivity index (χ3n) is 4.27. The van der Waals surface area contributed by atoms with E-state index in [9.17, 15) is 9.59 Å². The summed E-state index contributed by atoms with van der Waals surface area (Å²) in [5.74, 6) is 0.641. The predicted octanol–water partition coefficient (Wildman–Crippen LogP) is 3.50. The number of furan rings is 1. The summed E-state index contributed by atoms with van der Waals surface area (Å²) in [6.07, 6.45) is 0.766. The predicted molar refractivity (Wildman–Crippen MR) is 99.1 cm³/mol. The summed E-state index contributed by atoms with van der Waals surface area (Å²) in [4.78, 5) is 26.4. The largest absolute Gasteiger partial charge is 0.461 e. The first-order chi connectivity index (χ1) is 11.6. The Morgan fingerprint density at radius 1 is 1.24 bits per heavy atom. The minimum absolute atomic E-state index is 0.120. The number of nitrogens with one attached hydrogen (secondary N) is 1. The molecule has 1 heterocycles. The maximum Gasteiger partial charge on any atom is 0.244 e. The molecule has 0 saturated heterocycles. The van der Waals surface area contributed by atoms with Crippen LogP contribution >= 0.6 is 0 Å². The Morgan fingerprint density at radius 2 is 1.88 bits per heavy atom. The maximum atomic E-state index is 12.6. The zero-order valence-electron chi connectivity index (χ0n) is 16.0. The second-order valence-corrected chi connectivity index (χ2v) is 7.49. The van der Waals surface area contributed by atoms with Gasteiger partial charge in [-0.1, -0.05) is 45.9 Å². The van der Waals surface area contributed by atoms with Gasteiger partial charge in [-0.3, -0.25) is 9.59 Å². The number of likely N-dealkylation sites (N-methyl/N-ethyl adjacent to an activating group) is 1. The van der Waals surface area contributed by atoms with Crippen LogP contribution in [-0.2, 0) is 22.6 Å². The number of carbonyl (C=O) groups is 2. The molecule has 5 nitrogen and oxygen atoms in total. The van der Waals surface area contributed by atoms with Crippen molar-refractivity contribution >= 4 is 22.8 Å². The van der Waals surface area contributed by atoms with Crippen molar-refractivity contribution in [2.24, 2.45) is 5.41 Å². The Hall–Kier alpha value is -2.30. The number of fused-ring (bicyclic) bond motifs is 1.